The van der Waals surface area contributed by atoms with Crippen molar-refractivity contribution in [2.45, 2.75) is 45.1 Å². The van der Waals surface area contributed by atoms with Crippen molar-refractivity contribution in [3.63, 3.8) is 0 Å². The van der Waals surface area contributed by atoms with E-state index in [1.165, 1.54) is 16.9 Å². The third-order valence-corrected chi connectivity index (χ3v) is 9.14. The monoisotopic (exact) mass is 701 g/mol. The molecule has 256 valence electrons. The van der Waals surface area contributed by atoms with E-state index in [2.05, 4.69) is 25.0 Å². The molecule has 2 aliphatic heterocycles. The van der Waals surface area contributed by atoms with Crippen molar-refractivity contribution in [2.75, 3.05) is 31.6 Å². The lowest BCUT2D eigenvalue weighted by molar-refractivity contribution is -0.133. The smallest absolute Gasteiger partial charge is 0.317 e. The number of rotatable bonds is 4. The SMILES string of the molecule is CCO[C@H]1CN(C)C(=O)[C@@H]2C[C@@H](CN2c2nc(Cl)nc3c2cnn3-c2ccc(F)cc2F)Oc2nccc(n2)-c2nccc3nc(C)n(c23)C1. The number of nitrogens with zero attached hydrogens (tertiary/aromatic N) is 11. The number of amides is 1. The molecule has 14 nitrogen and oxygen atoms in total. The quantitative estimate of drug-likeness (QED) is 0.245. The van der Waals surface area contributed by atoms with Crippen LogP contribution in [0.15, 0.2) is 48.9 Å². The molecule has 2 aliphatic rings. The summed E-state index contributed by atoms with van der Waals surface area (Å²) in [7, 11) is 1.73. The first-order valence-corrected chi connectivity index (χ1v) is 16.4. The molecule has 50 heavy (non-hydrogen) atoms. The fraction of sp³-hybridized carbons (Fsp3) is 0.333. The maximum absolute atomic E-state index is 14.9. The van der Waals surface area contributed by atoms with Gasteiger partial charge < -0.3 is 23.8 Å². The number of carbonyl (C=O) groups is 1. The molecule has 7 heterocycles. The van der Waals surface area contributed by atoms with Crippen LogP contribution in [0.5, 0.6) is 6.01 Å². The van der Waals surface area contributed by atoms with E-state index in [0.29, 0.717) is 35.7 Å². The normalized spacial score (nSPS) is 19.6. The first-order valence-electron chi connectivity index (χ1n) is 16.0. The van der Waals surface area contributed by atoms with Crippen LogP contribution in [-0.2, 0) is 16.1 Å². The molecule has 0 saturated carbocycles. The highest BCUT2D eigenvalue weighted by molar-refractivity contribution is 6.28. The van der Waals surface area contributed by atoms with Gasteiger partial charge in [-0.3, -0.25) is 9.78 Å². The van der Waals surface area contributed by atoms with Crippen LogP contribution in [0.2, 0.25) is 5.28 Å². The van der Waals surface area contributed by atoms with Gasteiger partial charge in [-0.25, -0.2) is 23.4 Å². The largest absolute Gasteiger partial charge is 0.458 e. The molecule has 4 bridgehead atoms. The molecule has 0 unspecified atom stereocenters. The van der Waals surface area contributed by atoms with Gasteiger partial charge in [0.25, 0.3) is 0 Å². The van der Waals surface area contributed by atoms with Gasteiger partial charge in [-0.1, -0.05) is 0 Å². The van der Waals surface area contributed by atoms with Crippen molar-refractivity contribution in [3.8, 4) is 23.1 Å². The second-order valence-electron chi connectivity index (χ2n) is 12.2. The molecule has 17 heteroatoms. The molecule has 0 spiro atoms. The average molecular weight is 702 g/mol. The first kappa shape index (κ1) is 31.9. The Morgan fingerprint density at radius 3 is 2.70 bits per heavy atom. The maximum atomic E-state index is 14.9. The van der Waals surface area contributed by atoms with E-state index in [0.717, 1.165) is 29.0 Å². The van der Waals surface area contributed by atoms with Gasteiger partial charge in [-0.2, -0.15) is 20.1 Å². The Balaban J connectivity index is 1.24. The Kier molecular flexibility index (Phi) is 7.98. The van der Waals surface area contributed by atoms with Crippen LogP contribution in [0, 0.1) is 18.6 Å². The number of benzene rings is 1. The number of hydrogen-bond donors (Lipinski definition) is 0. The number of hydrogen-bond acceptors (Lipinski definition) is 11. The van der Waals surface area contributed by atoms with E-state index < -0.39 is 29.9 Å². The van der Waals surface area contributed by atoms with Crippen molar-refractivity contribution in [2.24, 2.45) is 0 Å². The number of aryl methyl sites for hydroxylation is 1. The fourth-order valence-corrected chi connectivity index (χ4v) is 6.96. The second kappa shape index (κ2) is 12.5. The highest BCUT2D eigenvalue weighted by atomic mass is 35.5. The summed E-state index contributed by atoms with van der Waals surface area (Å²) in [5.74, 6) is -0.707. The van der Waals surface area contributed by atoms with Crippen LogP contribution < -0.4 is 9.64 Å². The molecule has 0 radical (unpaired) electrons. The molecule has 3 atom stereocenters. The maximum Gasteiger partial charge on any atom is 0.317 e. The predicted octanol–water partition coefficient (Wildman–Crippen LogP) is 4.16. The summed E-state index contributed by atoms with van der Waals surface area (Å²) in [5, 5.41) is 4.60. The molecule has 1 aromatic carbocycles. The van der Waals surface area contributed by atoms with E-state index in [4.69, 9.17) is 31.0 Å². The van der Waals surface area contributed by atoms with Gasteiger partial charge in [-0.05, 0) is 49.7 Å². The molecule has 1 amide bonds. The van der Waals surface area contributed by atoms with Crippen molar-refractivity contribution < 1.29 is 23.0 Å². The molecule has 5 aromatic heterocycles. The summed E-state index contributed by atoms with van der Waals surface area (Å²) in [6.07, 6.45) is 4.08. The lowest BCUT2D eigenvalue weighted by atomic mass is 10.1. The van der Waals surface area contributed by atoms with E-state index in [1.807, 2.05) is 24.5 Å². The third kappa shape index (κ3) is 5.53. The first-order chi connectivity index (χ1) is 24.2. The number of anilines is 1. The summed E-state index contributed by atoms with van der Waals surface area (Å²) in [6.45, 7) is 5.13. The molecule has 1 saturated heterocycles. The molecule has 1 fully saturated rings. The summed E-state index contributed by atoms with van der Waals surface area (Å²) in [4.78, 5) is 45.3. The molecule has 0 N–H and O–H groups in total. The van der Waals surface area contributed by atoms with Crippen LogP contribution >= 0.6 is 11.6 Å². The highest BCUT2D eigenvalue weighted by Crippen LogP contribution is 2.35. The molecule has 6 aromatic rings. The van der Waals surface area contributed by atoms with Crippen molar-refractivity contribution in [3.05, 3.63) is 71.7 Å². The zero-order valence-electron chi connectivity index (χ0n) is 27.2. The number of likely N-dealkylation sites (N-methyl/N-ethyl adjacent to an activating group) is 1. The summed E-state index contributed by atoms with van der Waals surface area (Å²) >= 11 is 6.46. The van der Waals surface area contributed by atoms with Gasteiger partial charge in [0.1, 0.15) is 41.0 Å². The van der Waals surface area contributed by atoms with Crippen LogP contribution in [0.25, 0.3) is 39.1 Å². The molecule has 0 aliphatic carbocycles. The predicted molar refractivity (Wildman–Crippen MR) is 178 cm³/mol. The Morgan fingerprint density at radius 1 is 1.04 bits per heavy atom. The zero-order chi connectivity index (χ0) is 34.7. The highest BCUT2D eigenvalue weighted by Gasteiger charge is 2.42. The number of imidazole rings is 1. The Hall–Kier alpha value is -5.35. The molecular weight excluding hydrogens is 672 g/mol. The zero-order valence-corrected chi connectivity index (χ0v) is 27.9. The Bertz CT molecular complexity index is 2280. The van der Waals surface area contributed by atoms with E-state index in [9.17, 15) is 13.6 Å². The van der Waals surface area contributed by atoms with Gasteiger partial charge in [0.15, 0.2) is 11.5 Å². The minimum absolute atomic E-state index is 0.0287. The van der Waals surface area contributed by atoms with E-state index >= 15 is 0 Å². The summed E-state index contributed by atoms with van der Waals surface area (Å²) in [6, 6.07) is 6.11. The number of aromatic nitrogens is 9. The summed E-state index contributed by atoms with van der Waals surface area (Å²) in [5.41, 5.74) is 2.86. The van der Waals surface area contributed by atoms with E-state index in [1.54, 1.807) is 35.3 Å². The number of halogens is 3. The van der Waals surface area contributed by atoms with Gasteiger partial charge in [0, 0.05) is 45.1 Å². The van der Waals surface area contributed by atoms with Gasteiger partial charge >= 0.3 is 6.01 Å². The van der Waals surface area contributed by atoms with Gasteiger partial charge in [-0.15, -0.1) is 0 Å². The Labute approximate surface area is 288 Å². The van der Waals surface area contributed by atoms with Crippen LogP contribution in [-0.4, -0.2) is 100 Å². The average Bonchev–Trinajstić information content (AvgIpc) is 3.79. The summed E-state index contributed by atoms with van der Waals surface area (Å²) < 4.78 is 44.4. The topological polar surface area (TPSA) is 142 Å². The number of fused-ring (bicyclic) bond motifs is 6. The van der Waals surface area contributed by atoms with Gasteiger partial charge in [0.2, 0.25) is 11.2 Å². The Morgan fingerprint density at radius 2 is 1.88 bits per heavy atom. The van der Waals surface area contributed by atoms with Crippen molar-refractivity contribution in [1.29, 1.82) is 0 Å². The van der Waals surface area contributed by atoms with Crippen LogP contribution in [0.1, 0.15) is 19.2 Å². The van der Waals surface area contributed by atoms with Crippen LogP contribution in [0.4, 0.5) is 14.6 Å². The molecule has 8 rings (SSSR count). The lowest BCUT2D eigenvalue weighted by Crippen LogP contribution is -2.47. The fourth-order valence-electron chi connectivity index (χ4n) is 6.80. The van der Waals surface area contributed by atoms with Crippen molar-refractivity contribution in [1.82, 2.24) is 49.2 Å². The number of ether oxygens (including phenoxy) is 2. The minimum atomic E-state index is -0.834. The van der Waals surface area contributed by atoms with Gasteiger partial charge in [0.05, 0.1) is 47.5 Å². The minimum Gasteiger partial charge on any atom is -0.458 e. The van der Waals surface area contributed by atoms with E-state index in [-0.39, 0.29) is 48.0 Å². The number of pyridine rings is 1. The number of carbonyl (C=O) groups excluding carboxylic acids is 1. The van der Waals surface area contributed by atoms with Crippen molar-refractivity contribution >= 4 is 45.4 Å². The standard InChI is InChI=1S/C33H30ClF2N11O3/c1-4-49-20-14-44(3)31(48)26-12-19(50-33-38-10-7-23(41-33)27-28-24(8-9-37-27)40-17(2)45(28)16-20)15-46(26)29-21-13-39-47(30(21)43-32(34)42-29)25-6-5-18(35)11-22(25)36/h5-11,13,19-20,26H,4,12,14-16H2,1-3H3/t19-,20-,26-/m0/s1. The third-order valence-electron chi connectivity index (χ3n) is 8.98. The molecular formula is C33H30ClF2N11O3. The van der Waals surface area contributed by atoms with Crippen LogP contribution in [0.3, 0.4) is 0 Å². The second-order valence-corrected chi connectivity index (χ2v) is 12.5. The lowest BCUT2D eigenvalue weighted by Gasteiger charge is -2.31.